The van der Waals surface area contributed by atoms with Crippen LogP contribution in [0.4, 0.5) is 0 Å². The summed E-state index contributed by atoms with van der Waals surface area (Å²) < 4.78 is 21.5. The van der Waals surface area contributed by atoms with Crippen molar-refractivity contribution in [3.63, 3.8) is 0 Å². The molecule has 10 heteroatoms. The van der Waals surface area contributed by atoms with Gasteiger partial charge in [0.2, 0.25) is 0 Å². The molecule has 0 radical (unpaired) electrons. The maximum Gasteiger partial charge on any atom is 1.00 e. The molecule has 0 spiro atoms. The molecule has 2 aromatic rings. The molecule has 1 aromatic carbocycles. The van der Waals surface area contributed by atoms with Gasteiger partial charge in [0.1, 0.15) is 11.5 Å². The van der Waals surface area contributed by atoms with Crippen LogP contribution in [-0.2, 0) is 28.4 Å². The minimum Gasteiger partial charge on any atom is -0.577 e. The summed E-state index contributed by atoms with van der Waals surface area (Å²) in [5.41, 5.74) is 11.6. The molecule has 1 heterocycles. The Balaban J connectivity index is 0.00000193. The molecule has 2 atom stereocenters. The number of unbranched alkanes of at least 4 members (excludes halogenated alkanes) is 3. The third-order valence-corrected chi connectivity index (χ3v) is 7.26. The van der Waals surface area contributed by atoms with E-state index in [-0.39, 0.29) is 73.8 Å². The summed E-state index contributed by atoms with van der Waals surface area (Å²) in [4.78, 5) is 18.0. The molecular formula is C23H35KN2O5P2. The second-order valence-corrected chi connectivity index (χ2v) is 10.5. The van der Waals surface area contributed by atoms with Crippen molar-refractivity contribution in [2.24, 2.45) is 5.73 Å². The number of nitrogens with zero attached hydrogens (tertiary/aromatic N) is 1. The molecule has 0 aliphatic heterocycles. The average Bonchev–Trinajstić information content (AvgIpc) is 3.33. The minimum absolute atomic E-state index is 0. The van der Waals surface area contributed by atoms with Crippen LogP contribution in [-0.4, -0.2) is 27.1 Å². The zero-order valence-electron chi connectivity index (χ0n) is 19.8. The Bertz CT molecular complexity index is 980. The molecule has 2 aliphatic rings. The van der Waals surface area contributed by atoms with Crippen LogP contribution in [0.1, 0.15) is 80.2 Å². The molecule has 0 saturated heterocycles. The van der Waals surface area contributed by atoms with Gasteiger partial charge in [-0.2, -0.15) is 0 Å². The van der Waals surface area contributed by atoms with Crippen molar-refractivity contribution in [1.29, 1.82) is 0 Å². The van der Waals surface area contributed by atoms with E-state index in [0.717, 1.165) is 49.1 Å². The zero-order chi connectivity index (χ0) is 22.1. The van der Waals surface area contributed by atoms with Crippen molar-refractivity contribution in [2.45, 2.75) is 82.6 Å². The molecule has 0 amide bonds. The number of phosphoric ester groups is 1. The number of aryl methyl sites for hydroxylation is 2. The molecule has 0 bridgehead atoms. The third-order valence-electron chi connectivity index (χ3n) is 6.79. The maximum atomic E-state index is 11.0. The van der Waals surface area contributed by atoms with Crippen molar-refractivity contribution < 1.29 is 74.8 Å². The quantitative estimate of drug-likeness (QED) is 0.263. The Labute approximate surface area is 242 Å². The van der Waals surface area contributed by atoms with Crippen LogP contribution in [0.25, 0.3) is 11.3 Å². The predicted octanol–water partition coefficient (Wildman–Crippen LogP) is 1.97. The Morgan fingerprint density at radius 2 is 2.06 bits per heavy atom. The number of nitrogens with two attached hydrogens (primary N) is 1. The molecule has 2 unspecified atom stereocenters. The van der Waals surface area contributed by atoms with Crippen molar-refractivity contribution in [3.8, 4) is 11.3 Å². The van der Waals surface area contributed by atoms with Crippen LogP contribution in [0.3, 0.4) is 0 Å². The first-order valence-electron chi connectivity index (χ1n) is 11.4. The standard InChI is InChI=1S/C23H33N2O5P.K.H2P/c1-2-3-4-5-6-21-20-10-8-17-13-16(7-9-19(17)22(20)25-30-21)18-11-12-23(24,14-18)15-29-31(26,27)28;;/h7,9,13,18H,2-6,8,10-12,14-15,24H2,1H3,(H2,26,27,28);;1H2/q;+1;-1. The number of phosphoric acid groups is 1. The molecule has 7 nitrogen and oxygen atoms in total. The van der Waals surface area contributed by atoms with Gasteiger partial charge in [-0.1, -0.05) is 49.5 Å². The van der Waals surface area contributed by atoms with Gasteiger partial charge < -0.3 is 29.9 Å². The summed E-state index contributed by atoms with van der Waals surface area (Å²) in [6, 6.07) is 6.55. The minimum atomic E-state index is -4.50. The summed E-state index contributed by atoms with van der Waals surface area (Å²) in [7, 11) is -4.50. The Morgan fingerprint density at radius 1 is 1.27 bits per heavy atom. The first-order chi connectivity index (χ1) is 14.8. The van der Waals surface area contributed by atoms with E-state index in [1.165, 1.54) is 36.0 Å². The second kappa shape index (κ2) is 12.7. The van der Waals surface area contributed by atoms with Crippen LogP contribution in [0.2, 0.25) is 0 Å². The summed E-state index contributed by atoms with van der Waals surface area (Å²) >= 11 is 0. The molecule has 2 aliphatic carbocycles. The number of fused-ring (bicyclic) bond motifs is 3. The molecule has 178 valence electrons. The van der Waals surface area contributed by atoms with Gasteiger partial charge in [0.15, 0.2) is 0 Å². The van der Waals surface area contributed by atoms with Gasteiger partial charge in [0.25, 0.3) is 0 Å². The number of aromatic nitrogens is 1. The number of benzene rings is 1. The van der Waals surface area contributed by atoms with Crippen LogP contribution < -0.4 is 57.1 Å². The first kappa shape index (κ1) is 29.8. The monoisotopic (exact) mass is 520 g/mol. The van der Waals surface area contributed by atoms with Crippen LogP contribution in [0.5, 0.6) is 0 Å². The predicted molar refractivity (Wildman–Crippen MR) is 128 cm³/mol. The summed E-state index contributed by atoms with van der Waals surface area (Å²) in [5, 5.41) is 4.41. The molecule has 4 rings (SSSR count). The molecule has 33 heavy (non-hydrogen) atoms. The van der Waals surface area contributed by atoms with Crippen molar-refractivity contribution in [3.05, 3.63) is 40.6 Å². The maximum absolute atomic E-state index is 11.0. The molecule has 1 aromatic heterocycles. The molecular weight excluding hydrogens is 485 g/mol. The van der Waals surface area contributed by atoms with Crippen LogP contribution in [0.15, 0.2) is 22.7 Å². The largest absolute Gasteiger partial charge is 1.00 e. The number of rotatable bonds is 9. The zero-order valence-corrected chi connectivity index (χ0v) is 24.9. The van der Waals surface area contributed by atoms with Gasteiger partial charge in [0.05, 0.1) is 6.61 Å². The van der Waals surface area contributed by atoms with E-state index in [1.807, 2.05) is 0 Å². The number of hydrogen-bond donors (Lipinski definition) is 3. The van der Waals surface area contributed by atoms with E-state index in [1.54, 1.807) is 0 Å². The van der Waals surface area contributed by atoms with E-state index in [9.17, 15) is 4.57 Å². The molecule has 4 N–H and O–H groups in total. The van der Waals surface area contributed by atoms with Crippen LogP contribution in [0, 0.1) is 0 Å². The summed E-state index contributed by atoms with van der Waals surface area (Å²) in [5.74, 6) is 1.32. The summed E-state index contributed by atoms with van der Waals surface area (Å²) in [6.45, 7) is 2.10. The topological polar surface area (TPSA) is 119 Å². The molecule has 1 saturated carbocycles. The Morgan fingerprint density at radius 3 is 2.79 bits per heavy atom. The first-order valence-corrected chi connectivity index (χ1v) is 12.9. The Hall–Kier alpha value is 0.566. The molecule has 1 fully saturated rings. The third kappa shape index (κ3) is 7.53. The fraction of sp³-hybridized carbons (Fsp3) is 0.609. The fourth-order valence-corrected chi connectivity index (χ4v) is 5.50. The van der Waals surface area contributed by atoms with E-state index in [0.29, 0.717) is 12.8 Å². The Kier molecular flexibility index (Phi) is 11.5. The van der Waals surface area contributed by atoms with E-state index >= 15 is 0 Å². The van der Waals surface area contributed by atoms with Gasteiger partial charge in [-0.05, 0) is 55.6 Å². The second-order valence-electron chi connectivity index (χ2n) is 9.23. The van der Waals surface area contributed by atoms with Gasteiger partial charge >= 0.3 is 59.2 Å². The fourth-order valence-electron chi connectivity index (χ4n) is 5.07. The van der Waals surface area contributed by atoms with Gasteiger partial charge in [-0.3, -0.25) is 4.52 Å². The SMILES string of the molecule is CCCCCCc1onc2c1CCc1cc(C3CCC(N)(COP(=O)(O)O)C3)ccc1-2.[K+].[PH2-]. The average molecular weight is 521 g/mol. The van der Waals surface area contributed by atoms with Crippen molar-refractivity contribution in [2.75, 3.05) is 6.61 Å². The summed E-state index contributed by atoms with van der Waals surface area (Å²) in [6.07, 6.45) is 9.99. The van der Waals surface area contributed by atoms with Crippen molar-refractivity contribution in [1.82, 2.24) is 5.16 Å². The van der Waals surface area contributed by atoms with E-state index in [2.05, 4.69) is 30.3 Å². The smallest absolute Gasteiger partial charge is 0.577 e. The van der Waals surface area contributed by atoms with Gasteiger partial charge in [-0.25, -0.2) is 4.57 Å². The van der Waals surface area contributed by atoms with E-state index < -0.39 is 13.4 Å². The van der Waals surface area contributed by atoms with Crippen molar-refractivity contribution >= 4 is 17.7 Å². The number of hydrogen-bond acceptors (Lipinski definition) is 5. The van der Waals surface area contributed by atoms with Gasteiger partial charge in [0, 0.05) is 23.1 Å². The van der Waals surface area contributed by atoms with Crippen LogP contribution >= 0.6 is 17.7 Å². The normalized spacial score (nSPS) is 21.6. The van der Waals surface area contributed by atoms with Gasteiger partial charge in [-0.15, -0.1) is 0 Å². The van der Waals surface area contributed by atoms with E-state index in [4.69, 9.17) is 24.6 Å².